The molecule has 2 aromatic carbocycles. The topological polar surface area (TPSA) is 50.2 Å². The minimum Gasteiger partial charge on any atom is -0.512 e. The van der Waals surface area contributed by atoms with Crippen LogP contribution in [0.2, 0.25) is 0 Å². The van der Waals surface area contributed by atoms with E-state index in [0.717, 1.165) is 36.9 Å². The molecule has 0 saturated carbocycles. The molecule has 0 atom stereocenters. The standard InChI is InChI=1S/C26H20NS3.C15H28O2.Ir/c1-14-9-16-11-19-18-5-7-27-23(25(18)30-22(19)13-21(16)29-14)17-10-15-6-8-28-24(15)20(12-17)26(2,3)4;1-7-14(5,8-2)12(16)11-13(17)15(6,9-3)10-4;/h5-9,11-13H,1-4H3;11,16H,7-10H2,1-6H3;/q-1;;/b;12-11-;. The molecule has 0 aliphatic rings. The summed E-state index contributed by atoms with van der Waals surface area (Å²) in [5.74, 6) is 0.286. The van der Waals surface area contributed by atoms with Crippen LogP contribution < -0.4 is 0 Å². The molecule has 1 radical (unpaired) electrons. The number of pyridine rings is 1. The van der Waals surface area contributed by atoms with E-state index in [9.17, 15) is 9.90 Å². The van der Waals surface area contributed by atoms with Gasteiger partial charge in [0.05, 0.1) is 0 Å². The van der Waals surface area contributed by atoms with E-state index in [2.05, 4.69) is 75.5 Å². The third-order valence-electron chi connectivity index (χ3n) is 10.3. The van der Waals surface area contributed by atoms with Crippen LogP contribution in [0.5, 0.6) is 0 Å². The first kappa shape index (κ1) is 38.4. The van der Waals surface area contributed by atoms with E-state index in [1.165, 1.54) is 56.9 Å². The summed E-state index contributed by atoms with van der Waals surface area (Å²) in [6.45, 7) is 21.1. The summed E-state index contributed by atoms with van der Waals surface area (Å²) >= 11 is 5.53. The maximum atomic E-state index is 12.2. The van der Waals surface area contributed by atoms with Gasteiger partial charge in [-0.1, -0.05) is 73.4 Å². The molecule has 4 heterocycles. The number of hydrogen-bond donors (Lipinski definition) is 1. The fraction of sp³-hybridized carbons (Fsp3) is 0.415. The van der Waals surface area contributed by atoms with Gasteiger partial charge in [-0.05, 0) is 83.1 Å². The number of aromatic nitrogens is 1. The fourth-order valence-corrected chi connectivity index (χ4v) is 9.26. The molecule has 0 amide bonds. The molecular formula is C41H48IrNO2S3-. The number of thiophene rings is 3. The first-order chi connectivity index (χ1) is 22.2. The number of hydrogen-bond acceptors (Lipinski definition) is 6. The third kappa shape index (κ3) is 7.37. The van der Waals surface area contributed by atoms with Crippen LogP contribution in [0.1, 0.15) is 98.4 Å². The number of allylic oxidation sites excluding steroid dienone is 2. The summed E-state index contributed by atoms with van der Waals surface area (Å²) in [7, 11) is 0. The Morgan fingerprint density at radius 3 is 2.15 bits per heavy atom. The fourth-order valence-electron chi connectivity index (χ4n) is 5.94. The van der Waals surface area contributed by atoms with Crippen molar-refractivity contribution >= 4 is 80.1 Å². The largest absolute Gasteiger partial charge is 0.512 e. The van der Waals surface area contributed by atoms with Gasteiger partial charge in [0.15, 0.2) is 5.78 Å². The van der Waals surface area contributed by atoms with Crippen LogP contribution in [-0.4, -0.2) is 15.9 Å². The first-order valence-electron chi connectivity index (χ1n) is 16.8. The van der Waals surface area contributed by atoms with Crippen LogP contribution in [0.3, 0.4) is 0 Å². The Balaban J connectivity index is 0.000000251. The molecule has 7 heteroatoms. The Hall–Kier alpha value is -2.41. The minimum atomic E-state index is -0.337. The third-order valence-corrected chi connectivity index (χ3v) is 13.4. The molecular weight excluding hydrogens is 827 g/mol. The van der Waals surface area contributed by atoms with E-state index in [4.69, 9.17) is 4.98 Å². The average molecular weight is 875 g/mol. The van der Waals surface area contributed by atoms with Gasteiger partial charge in [0.1, 0.15) is 5.76 Å². The number of ketones is 1. The monoisotopic (exact) mass is 875 g/mol. The van der Waals surface area contributed by atoms with Gasteiger partial charge in [-0.15, -0.1) is 46.3 Å². The summed E-state index contributed by atoms with van der Waals surface area (Å²) in [4.78, 5) is 18.4. The zero-order chi connectivity index (χ0) is 34.3. The quantitative estimate of drug-likeness (QED) is 0.0941. The molecule has 3 nitrogen and oxygen atoms in total. The average Bonchev–Trinajstić information content (AvgIpc) is 3.77. The van der Waals surface area contributed by atoms with Gasteiger partial charge in [-0.2, -0.15) is 11.3 Å². The van der Waals surface area contributed by atoms with Crippen molar-refractivity contribution in [2.24, 2.45) is 10.8 Å². The Kier molecular flexibility index (Phi) is 11.9. The molecule has 0 bridgehead atoms. The Morgan fingerprint density at radius 2 is 1.52 bits per heavy atom. The Bertz CT molecular complexity index is 2100. The molecule has 6 aromatic rings. The zero-order valence-corrected chi connectivity index (χ0v) is 34.7. The molecule has 257 valence electrons. The maximum Gasteiger partial charge on any atom is 0.164 e. The van der Waals surface area contributed by atoms with E-state index < -0.39 is 0 Å². The maximum absolute atomic E-state index is 12.2. The molecule has 0 aliphatic heterocycles. The van der Waals surface area contributed by atoms with Crippen molar-refractivity contribution < 1.29 is 30.0 Å². The molecule has 0 aliphatic carbocycles. The second-order valence-corrected chi connectivity index (χ2v) is 17.6. The summed E-state index contributed by atoms with van der Waals surface area (Å²) < 4.78 is 5.29. The molecule has 48 heavy (non-hydrogen) atoms. The van der Waals surface area contributed by atoms with Crippen molar-refractivity contribution in [2.75, 3.05) is 0 Å². The van der Waals surface area contributed by atoms with Crippen LogP contribution in [0, 0.1) is 23.8 Å². The predicted octanol–water partition coefficient (Wildman–Crippen LogP) is 13.6. The number of nitrogens with zero attached hydrogens (tertiary/aromatic N) is 1. The predicted molar refractivity (Wildman–Crippen MR) is 209 cm³/mol. The van der Waals surface area contributed by atoms with Crippen molar-refractivity contribution in [3.63, 3.8) is 0 Å². The SMILES string of the molecule is CCC(C)(CC)C(=O)/C=C(\O)C(C)(CC)CC.Cc1cc2cc3c(cc2s1)sc1c(-c2[c-]c4ccsc4c(C(C)(C)C)c2)nccc13.[Ir]. The second kappa shape index (κ2) is 14.8. The van der Waals surface area contributed by atoms with E-state index in [1.54, 1.807) is 0 Å². The second-order valence-electron chi connectivity index (χ2n) is 14.3. The van der Waals surface area contributed by atoms with Crippen molar-refractivity contribution in [3.8, 4) is 11.3 Å². The van der Waals surface area contributed by atoms with Gasteiger partial charge < -0.3 is 5.11 Å². The van der Waals surface area contributed by atoms with E-state index >= 15 is 0 Å². The molecule has 0 saturated heterocycles. The zero-order valence-electron chi connectivity index (χ0n) is 29.9. The van der Waals surface area contributed by atoms with Crippen molar-refractivity contribution in [2.45, 2.75) is 100 Å². The van der Waals surface area contributed by atoms with Crippen molar-refractivity contribution in [3.05, 3.63) is 76.3 Å². The smallest absolute Gasteiger partial charge is 0.164 e. The normalized spacial score (nSPS) is 12.8. The van der Waals surface area contributed by atoms with E-state index in [1.807, 2.05) is 81.7 Å². The van der Waals surface area contributed by atoms with E-state index in [0.29, 0.717) is 0 Å². The van der Waals surface area contributed by atoms with Crippen molar-refractivity contribution in [1.82, 2.24) is 4.98 Å². The van der Waals surface area contributed by atoms with Crippen LogP contribution in [0.25, 0.3) is 51.6 Å². The summed E-state index contributed by atoms with van der Waals surface area (Å²) in [5, 5.41) is 17.5. The number of aliphatic hydroxyl groups excluding tert-OH is 1. The van der Waals surface area contributed by atoms with Crippen LogP contribution >= 0.6 is 34.0 Å². The van der Waals surface area contributed by atoms with Crippen LogP contribution in [-0.2, 0) is 30.3 Å². The minimum absolute atomic E-state index is 0. The molecule has 1 N–H and O–H groups in total. The van der Waals surface area contributed by atoms with Gasteiger partial charge >= 0.3 is 0 Å². The van der Waals surface area contributed by atoms with Crippen LogP contribution in [0.4, 0.5) is 0 Å². The van der Waals surface area contributed by atoms with Gasteiger partial charge in [-0.3, -0.25) is 9.78 Å². The number of fused-ring (bicyclic) bond motifs is 5. The molecule has 4 aromatic heterocycles. The van der Waals surface area contributed by atoms with Crippen LogP contribution in [0.15, 0.2) is 59.8 Å². The van der Waals surface area contributed by atoms with Gasteiger partial charge in [0.2, 0.25) is 0 Å². The van der Waals surface area contributed by atoms with E-state index in [-0.39, 0.29) is 47.9 Å². The number of aryl methyl sites for hydroxylation is 1. The number of carbonyl (C=O) groups is 1. The van der Waals surface area contributed by atoms with Gasteiger partial charge in [0.25, 0.3) is 0 Å². The Morgan fingerprint density at radius 1 is 0.854 bits per heavy atom. The molecule has 0 fully saturated rings. The number of benzene rings is 2. The number of aliphatic hydroxyl groups is 1. The molecule has 6 rings (SSSR count). The Labute approximate surface area is 311 Å². The number of rotatable bonds is 8. The summed E-state index contributed by atoms with van der Waals surface area (Å²) in [6.07, 6.45) is 6.71. The van der Waals surface area contributed by atoms with Gasteiger partial charge in [-0.25, -0.2) is 0 Å². The summed E-state index contributed by atoms with van der Waals surface area (Å²) in [6, 6.07) is 17.3. The molecule has 0 spiro atoms. The number of carbonyl (C=O) groups excluding carboxylic acids is 1. The summed E-state index contributed by atoms with van der Waals surface area (Å²) in [5.41, 5.74) is 2.99. The molecule has 0 unspecified atom stereocenters. The van der Waals surface area contributed by atoms with Gasteiger partial charge in [0, 0.05) is 73.3 Å². The van der Waals surface area contributed by atoms with Crippen molar-refractivity contribution in [1.29, 1.82) is 0 Å². The first-order valence-corrected chi connectivity index (χ1v) is 19.3.